The van der Waals surface area contributed by atoms with E-state index in [4.69, 9.17) is 16.7 Å². The van der Waals surface area contributed by atoms with E-state index in [1.807, 2.05) is 47.8 Å². The van der Waals surface area contributed by atoms with Gasteiger partial charge in [0.05, 0.1) is 10.6 Å². The number of aromatic nitrogens is 2. The molecule has 4 nitrogen and oxygen atoms in total. The highest BCUT2D eigenvalue weighted by molar-refractivity contribution is 7.13. The average Bonchev–Trinajstić information content (AvgIpc) is 3.37. The molecule has 3 aromatic rings. The number of carbonyl (C=O) groups excluding carboxylic acids is 1. The lowest BCUT2D eigenvalue weighted by Gasteiger charge is -2.39. The van der Waals surface area contributed by atoms with Crippen LogP contribution in [0.1, 0.15) is 50.5 Å². The summed E-state index contributed by atoms with van der Waals surface area (Å²) < 4.78 is 1.76. The van der Waals surface area contributed by atoms with E-state index in [1.165, 1.54) is 0 Å². The van der Waals surface area contributed by atoms with Gasteiger partial charge in [-0.25, -0.2) is 4.68 Å². The Balaban J connectivity index is 1.57. The van der Waals surface area contributed by atoms with Crippen LogP contribution in [0.4, 0.5) is 0 Å². The van der Waals surface area contributed by atoms with Crippen molar-refractivity contribution in [3.05, 3.63) is 58.6 Å². The van der Waals surface area contributed by atoms with Crippen LogP contribution in [-0.2, 0) is 0 Å². The summed E-state index contributed by atoms with van der Waals surface area (Å²) in [5.74, 6) is 0.0664. The molecule has 0 radical (unpaired) electrons. The Kier molecular flexibility index (Phi) is 4.60. The maximum absolute atomic E-state index is 13.8. The predicted octanol–water partition coefficient (Wildman–Crippen LogP) is 6.30. The topological polar surface area (TPSA) is 38.1 Å². The minimum Gasteiger partial charge on any atom is -0.334 e. The van der Waals surface area contributed by atoms with Gasteiger partial charge in [0.15, 0.2) is 0 Å². The van der Waals surface area contributed by atoms with Gasteiger partial charge in [0.25, 0.3) is 5.91 Å². The zero-order valence-electron chi connectivity index (χ0n) is 17.6. The van der Waals surface area contributed by atoms with Crippen LogP contribution in [0.15, 0.2) is 47.8 Å². The summed E-state index contributed by atoms with van der Waals surface area (Å²) >= 11 is 7.88. The Morgan fingerprint density at radius 3 is 2.73 bits per heavy atom. The molecule has 1 saturated heterocycles. The Hall–Kier alpha value is -2.11. The first-order chi connectivity index (χ1) is 14.2. The molecule has 1 aromatic carbocycles. The summed E-state index contributed by atoms with van der Waals surface area (Å²) in [5, 5.41) is 7.47. The number of halogens is 1. The van der Waals surface area contributed by atoms with E-state index in [2.05, 4.69) is 25.7 Å². The van der Waals surface area contributed by atoms with Gasteiger partial charge in [-0.1, -0.05) is 44.5 Å². The summed E-state index contributed by atoms with van der Waals surface area (Å²) in [4.78, 5) is 17.0. The molecule has 1 amide bonds. The number of carbonyl (C=O) groups is 1. The van der Waals surface area contributed by atoms with Gasteiger partial charge in [0, 0.05) is 17.6 Å². The maximum atomic E-state index is 13.8. The van der Waals surface area contributed by atoms with E-state index in [0.29, 0.717) is 16.8 Å². The maximum Gasteiger partial charge on any atom is 0.272 e. The highest BCUT2D eigenvalue weighted by Crippen LogP contribution is 2.52. The first kappa shape index (κ1) is 19.8. The largest absolute Gasteiger partial charge is 0.334 e. The van der Waals surface area contributed by atoms with Crippen LogP contribution in [0.5, 0.6) is 0 Å². The molecular weight excluding hydrogens is 414 g/mol. The van der Waals surface area contributed by atoms with Crippen molar-refractivity contribution in [2.24, 2.45) is 10.8 Å². The standard InChI is InChI=1S/C24H26ClN3OS/c1-23(2)12-18-13-24(3,14-23)15-27(18)22(29)20-11-19(21-8-5-9-30-21)26-28(20)17-7-4-6-16(25)10-17/h4-11,18H,12-15H2,1-3H3. The molecule has 1 aliphatic carbocycles. The SMILES string of the molecule is CC1(C)CC2CC(C)(CN2C(=O)c2cc(-c3cccs3)nn2-c2cccc(Cl)c2)C1. The van der Waals surface area contributed by atoms with Gasteiger partial charge in [0.2, 0.25) is 0 Å². The first-order valence-corrected chi connectivity index (χ1v) is 11.7. The van der Waals surface area contributed by atoms with Crippen molar-refractivity contribution in [2.75, 3.05) is 6.54 Å². The Morgan fingerprint density at radius 1 is 1.17 bits per heavy atom. The Bertz CT molecular complexity index is 1100. The van der Waals surface area contributed by atoms with Crippen LogP contribution in [0.2, 0.25) is 5.02 Å². The quantitative estimate of drug-likeness (QED) is 0.480. The van der Waals surface area contributed by atoms with Gasteiger partial charge < -0.3 is 4.90 Å². The molecule has 0 N–H and O–H groups in total. The van der Waals surface area contributed by atoms with Gasteiger partial charge in [-0.15, -0.1) is 11.3 Å². The zero-order chi connectivity index (χ0) is 21.1. The third-order valence-electron chi connectivity index (χ3n) is 6.43. The molecular formula is C24H26ClN3OS. The van der Waals surface area contributed by atoms with Crippen LogP contribution < -0.4 is 0 Å². The van der Waals surface area contributed by atoms with Crippen molar-refractivity contribution >= 4 is 28.8 Å². The molecule has 3 heterocycles. The van der Waals surface area contributed by atoms with Crippen molar-refractivity contribution in [1.29, 1.82) is 0 Å². The monoisotopic (exact) mass is 439 g/mol. The second-order valence-electron chi connectivity index (χ2n) is 9.93. The van der Waals surface area contributed by atoms with Crippen LogP contribution in [0.25, 0.3) is 16.3 Å². The number of amides is 1. The van der Waals surface area contributed by atoms with Crippen LogP contribution in [0, 0.1) is 10.8 Å². The van der Waals surface area contributed by atoms with Gasteiger partial charge >= 0.3 is 0 Å². The third kappa shape index (κ3) is 3.48. The van der Waals surface area contributed by atoms with E-state index < -0.39 is 0 Å². The van der Waals surface area contributed by atoms with Gasteiger partial charge in [0.1, 0.15) is 11.4 Å². The summed E-state index contributed by atoms with van der Waals surface area (Å²) in [6.45, 7) is 7.81. The van der Waals surface area contributed by atoms with E-state index in [9.17, 15) is 4.79 Å². The lowest BCUT2D eigenvalue weighted by atomic mass is 9.65. The Labute approximate surface area is 186 Å². The van der Waals surface area contributed by atoms with Crippen molar-refractivity contribution in [3.8, 4) is 16.3 Å². The minimum absolute atomic E-state index is 0.0664. The average molecular weight is 440 g/mol. The number of fused-ring (bicyclic) bond motifs is 2. The molecule has 6 heteroatoms. The molecule has 5 rings (SSSR count). The normalized spacial score (nSPS) is 24.9. The molecule has 0 spiro atoms. The van der Waals surface area contributed by atoms with Gasteiger partial charge in [-0.2, -0.15) is 5.10 Å². The number of benzene rings is 1. The third-order valence-corrected chi connectivity index (χ3v) is 7.56. The smallest absolute Gasteiger partial charge is 0.272 e. The predicted molar refractivity (Wildman–Crippen MR) is 122 cm³/mol. The fraction of sp³-hybridized carbons (Fsp3) is 0.417. The molecule has 1 saturated carbocycles. The van der Waals surface area contributed by atoms with E-state index in [1.54, 1.807) is 16.0 Å². The lowest BCUT2D eigenvalue weighted by Crippen LogP contribution is -2.38. The van der Waals surface area contributed by atoms with Crippen LogP contribution >= 0.6 is 22.9 Å². The summed E-state index contributed by atoms with van der Waals surface area (Å²) in [5.41, 5.74) is 2.70. The second kappa shape index (κ2) is 6.96. The van der Waals surface area contributed by atoms with Crippen molar-refractivity contribution in [3.63, 3.8) is 0 Å². The molecule has 2 unspecified atom stereocenters. The van der Waals surface area contributed by atoms with Crippen molar-refractivity contribution in [2.45, 2.75) is 46.1 Å². The van der Waals surface area contributed by atoms with E-state index >= 15 is 0 Å². The van der Waals surface area contributed by atoms with Crippen molar-refractivity contribution in [1.82, 2.24) is 14.7 Å². The number of thiophene rings is 1. The Morgan fingerprint density at radius 2 is 2.00 bits per heavy atom. The molecule has 1 aliphatic heterocycles. The van der Waals surface area contributed by atoms with Crippen LogP contribution in [-0.4, -0.2) is 33.2 Å². The summed E-state index contributed by atoms with van der Waals surface area (Å²) in [7, 11) is 0. The number of hydrogen-bond donors (Lipinski definition) is 0. The highest BCUT2D eigenvalue weighted by Gasteiger charge is 2.51. The molecule has 30 heavy (non-hydrogen) atoms. The molecule has 2 aliphatic rings. The number of nitrogens with zero attached hydrogens (tertiary/aromatic N) is 3. The second-order valence-corrected chi connectivity index (χ2v) is 11.3. The number of likely N-dealkylation sites (tertiary alicyclic amines) is 1. The summed E-state index contributed by atoms with van der Waals surface area (Å²) in [6, 6.07) is 13.8. The van der Waals surface area contributed by atoms with E-state index in [-0.39, 0.29) is 16.7 Å². The molecule has 2 aromatic heterocycles. The first-order valence-electron chi connectivity index (χ1n) is 10.4. The lowest BCUT2D eigenvalue weighted by molar-refractivity contribution is 0.0699. The minimum atomic E-state index is 0.0664. The molecule has 2 bridgehead atoms. The summed E-state index contributed by atoms with van der Waals surface area (Å²) in [6.07, 6.45) is 3.30. The molecule has 2 fully saturated rings. The number of rotatable bonds is 3. The van der Waals surface area contributed by atoms with Gasteiger partial charge in [-0.05, 0) is 65.8 Å². The van der Waals surface area contributed by atoms with Crippen LogP contribution in [0.3, 0.4) is 0 Å². The fourth-order valence-corrected chi connectivity index (χ4v) is 6.59. The van der Waals surface area contributed by atoms with Gasteiger partial charge in [-0.3, -0.25) is 4.79 Å². The number of hydrogen-bond acceptors (Lipinski definition) is 3. The van der Waals surface area contributed by atoms with Crippen molar-refractivity contribution < 1.29 is 4.79 Å². The molecule has 156 valence electrons. The molecule has 2 atom stereocenters. The van der Waals surface area contributed by atoms with E-state index in [0.717, 1.165) is 42.1 Å². The highest BCUT2D eigenvalue weighted by atomic mass is 35.5. The fourth-order valence-electron chi connectivity index (χ4n) is 5.73. The zero-order valence-corrected chi connectivity index (χ0v) is 19.1.